The molecule has 2 fully saturated rings. The number of hydrogen-bond donors (Lipinski definition) is 2. The van der Waals surface area contributed by atoms with E-state index in [-0.39, 0.29) is 18.1 Å². The van der Waals surface area contributed by atoms with Crippen molar-refractivity contribution in [1.29, 1.82) is 0 Å². The number of Topliss-reactive ketones (excluding diaryl/α,β-unsaturated/α-hetero) is 1. The Morgan fingerprint density at radius 3 is 2.73 bits per heavy atom. The van der Waals surface area contributed by atoms with Gasteiger partial charge in [-0.3, -0.25) is 9.69 Å². The van der Waals surface area contributed by atoms with Crippen molar-refractivity contribution in [2.24, 2.45) is 17.3 Å². The lowest BCUT2D eigenvalue weighted by Crippen LogP contribution is -2.62. The summed E-state index contributed by atoms with van der Waals surface area (Å²) in [5.74, 6) is -0.385. The number of hydrogen-bond acceptors (Lipinski definition) is 7. The van der Waals surface area contributed by atoms with Crippen molar-refractivity contribution >= 4 is 11.8 Å². The molecule has 2 saturated heterocycles. The Bertz CT molecular complexity index is 1020. The van der Waals surface area contributed by atoms with E-state index < -0.39 is 28.6 Å². The van der Waals surface area contributed by atoms with Crippen LogP contribution in [0.15, 0.2) is 33.6 Å². The molecule has 6 rings (SSSR count). The van der Waals surface area contributed by atoms with E-state index in [0.717, 1.165) is 35.3 Å². The molecular weight excluding hydrogens is 386 g/mol. The molecule has 0 aromatic rings. The SMILES string of the molecule is COC(=O)C1=C2CCOC3=C2C2=C1[C@]1(O)C[C@@]4(O)N(C[C@@H](CC3)[C@@]24C)C[C@@H](C)C1=O. The Balaban J connectivity index is 1.78. The molecule has 30 heavy (non-hydrogen) atoms. The van der Waals surface area contributed by atoms with Crippen molar-refractivity contribution in [3.05, 3.63) is 33.6 Å². The van der Waals surface area contributed by atoms with Gasteiger partial charge >= 0.3 is 5.97 Å². The van der Waals surface area contributed by atoms with E-state index in [1.165, 1.54) is 7.11 Å². The average Bonchev–Trinajstić information content (AvgIpc) is 3.11. The maximum Gasteiger partial charge on any atom is 0.338 e. The minimum absolute atomic E-state index is 0.119. The molecule has 7 heteroatoms. The molecular formula is C23H27NO6. The smallest absolute Gasteiger partial charge is 0.338 e. The Kier molecular flexibility index (Phi) is 3.41. The van der Waals surface area contributed by atoms with Crippen LogP contribution in [0.5, 0.6) is 0 Å². The number of ether oxygens (including phenoxy) is 2. The normalized spacial score (nSPS) is 44.2. The van der Waals surface area contributed by atoms with Crippen LogP contribution in [0.25, 0.3) is 0 Å². The monoisotopic (exact) mass is 413 g/mol. The van der Waals surface area contributed by atoms with Crippen LogP contribution in [0, 0.1) is 17.3 Å². The van der Waals surface area contributed by atoms with Crippen LogP contribution in [-0.4, -0.2) is 65.0 Å². The highest BCUT2D eigenvalue weighted by Crippen LogP contribution is 2.69. The van der Waals surface area contributed by atoms with Gasteiger partial charge in [-0.2, -0.15) is 0 Å². The third kappa shape index (κ3) is 1.77. The molecule has 0 aromatic carbocycles. The molecule has 0 spiro atoms. The van der Waals surface area contributed by atoms with Crippen molar-refractivity contribution in [3.63, 3.8) is 0 Å². The molecule has 5 atom stereocenters. The molecule has 160 valence electrons. The maximum atomic E-state index is 13.5. The van der Waals surface area contributed by atoms with E-state index in [2.05, 4.69) is 6.92 Å². The van der Waals surface area contributed by atoms with Gasteiger partial charge in [-0.25, -0.2) is 4.79 Å². The fraction of sp³-hybridized carbons (Fsp3) is 0.652. The zero-order valence-corrected chi connectivity index (χ0v) is 17.6. The van der Waals surface area contributed by atoms with Crippen LogP contribution in [0.2, 0.25) is 0 Å². The second-order valence-corrected chi connectivity index (χ2v) is 9.95. The highest BCUT2D eigenvalue weighted by molar-refractivity contribution is 6.06. The second-order valence-electron chi connectivity index (χ2n) is 9.95. The van der Waals surface area contributed by atoms with E-state index in [1.807, 2.05) is 4.90 Å². The molecule has 0 aromatic heterocycles. The summed E-state index contributed by atoms with van der Waals surface area (Å²) in [6.45, 7) is 5.36. The number of allylic oxidation sites excluding steroid dienone is 2. The van der Waals surface area contributed by atoms with Gasteiger partial charge in [-0.15, -0.1) is 0 Å². The second kappa shape index (κ2) is 5.44. The zero-order valence-electron chi connectivity index (χ0n) is 17.6. The first kappa shape index (κ1) is 18.8. The lowest BCUT2D eigenvalue weighted by Gasteiger charge is -2.52. The van der Waals surface area contributed by atoms with Crippen LogP contribution in [0.4, 0.5) is 0 Å². The number of aliphatic hydroxyl groups is 2. The largest absolute Gasteiger partial charge is 0.497 e. The number of carbonyl (C=O) groups excluding carboxylic acids is 2. The third-order valence-corrected chi connectivity index (χ3v) is 8.77. The first-order chi connectivity index (χ1) is 14.2. The van der Waals surface area contributed by atoms with Gasteiger partial charge in [0.05, 0.1) is 19.3 Å². The van der Waals surface area contributed by atoms with Gasteiger partial charge in [0.1, 0.15) is 11.5 Å². The van der Waals surface area contributed by atoms with E-state index in [9.17, 15) is 19.8 Å². The summed E-state index contributed by atoms with van der Waals surface area (Å²) >= 11 is 0. The minimum Gasteiger partial charge on any atom is -0.497 e. The van der Waals surface area contributed by atoms with Crippen molar-refractivity contribution in [2.75, 3.05) is 26.8 Å². The van der Waals surface area contributed by atoms with Crippen molar-refractivity contribution in [3.8, 4) is 0 Å². The molecule has 0 amide bonds. The fourth-order valence-corrected chi connectivity index (χ4v) is 7.38. The van der Waals surface area contributed by atoms with Crippen LogP contribution in [0.3, 0.4) is 0 Å². The molecule has 2 N–H and O–H groups in total. The summed E-state index contributed by atoms with van der Waals surface area (Å²) < 4.78 is 11.2. The molecule has 6 aliphatic rings. The van der Waals surface area contributed by atoms with E-state index >= 15 is 0 Å². The van der Waals surface area contributed by atoms with Crippen LogP contribution in [-0.2, 0) is 19.1 Å². The summed E-state index contributed by atoms with van der Waals surface area (Å²) in [5.41, 5.74) is -0.920. The van der Waals surface area contributed by atoms with E-state index in [1.54, 1.807) is 6.92 Å². The standard InChI is InChI=1S/C23H27NO6/c1-11-8-24-9-12-4-5-14-15-13(6-7-30-14)16(20(26)29-3)18-17(15)21(12,2)23(24,28)10-22(18,27)19(11)25/h11-12,27-28H,4-10H2,1-3H3/t11-,12-,21+,22-,23+/m1/s1. The first-order valence-corrected chi connectivity index (χ1v) is 10.9. The molecule has 0 saturated carbocycles. The summed E-state index contributed by atoms with van der Waals surface area (Å²) in [6.07, 6.45) is 1.97. The van der Waals surface area contributed by atoms with Crippen LogP contribution >= 0.6 is 0 Å². The first-order valence-electron chi connectivity index (χ1n) is 10.9. The lowest BCUT2D eigenvalue weighted by atomic mass is 9.56. The molecule has 3 aliphatic carbocycles. The predicted octanol–water partition coefficient (Wildman–Crippen LogP) is 1.21. The van der Waals surface area contributed by atoms with Gasteiger partial charge in [0.2, 0.25) is 0 Å². The zero-order chi connectivity index (χ0) is 21.2. The number of fused-ring (bicyclic) bond motifs is 2. The molecule has 3 heterocycles. The predicted molar refractivity (Wildman–Crippen MR) is 105 cm³/mol. The van der Waals surface area contributed by atoms with Gasteiger partial charge in [0.25, 0.3) is 0 Å². The van der Waals surface area contributed by atoms with Crippen LogP contribution in [0.1, 0.15) is 39.5 Å². The Morgan fingerprint density at radius 1 is 1.23 bits per heavy atom. The fourth-order valence-electron chi connectivity index (χ4n) is 7.38. The molecule has 7 nitrogen and oxygen atoms in total. The Morgan fingerprint density at radius 2 is 2.00 bits per heavy atom. The average molecular weight is 413 g/mol. The molecule has 3 aliphatic heterocycles. The minimum atomic E-state index is -1.93. The van der Waals surface area contributed by atoms with E-state index in [4.69, 9.17) is 9.47 Å². The van der Waals surface area contributed by atoms with Gasteiger partial charge in [0, 0.05) is 54.8 Å². The van der Waals surface area contributed by atoms with Gasteiger partial charge in [-0.05, 0) is 23.5 Å². The topological polar surface area (TPSA) is 96.3 Å². The summed E-state index contributed by atoms with van der Waals surface area (Å²) in [4.78, 5) is 28.6. The number of esters is 1. The number of rotatable bonds is 1. The Hall–Kier alpha value is -1.96. The summed E-state index contributed by atoms with van der Waals surface area (Å²) in [7, 11) is 1.33. The third-order valence-electron chi connectivity index (χ3n) is 8.77. The molecule has 0 unspecified atom stereocenters. The molecule has 0 radical (unpaired) electrons. The van der Waals surface area contributed by atoms with Crippen molar-refractivity contribution < 1.29 is 29.3 Å². The number of methoxy groups -OCH3 is 1. The highest BCUT2D eigenvalue weighted by Gasteiger charge is 2.74. The number of carbonyl (C=O) groups is 2. The van der Waals surface area contributed by atoms with E-state index in [0.29, 0.717) is 37.3 Å². The summed E-state index contributed by atoms with van der Waals surface area (Å²) in [6, 6.07) is 0. The van der Waals surface area contributed by atoms with Gasteiger partial charge < -0.3 is 19.7 Å². The van der Waals surface area contributed by atoms with Crippen molar-refractivity contribution in [2.45, 2.75) is 50.9 Å². The Labute approximate surface area is 175 Å². The van der Waals surface area contributed by atoms with Crippen molar-refractivity contribution in [1.82, 2.24) is 4.90 Å². The highest BCUT2D eigenvalue weighted by atomic mass is 16.5. The number of ketones is 1. The molecule has 2 bridgehead atoms. The lowest BCUT2D eigenvalue weighted by molar-refractivity contribution is -0.177. The van der Waals surface area contributed by atoms with Crippen LogP contribution < -0.4 is 0 Å². The van der Waals surface area contributed by atoms with Gasteiger partial charge in [-0.1, -0.05) is 13.8 Å². The maximum absolute atomic E-state index is 13.5. The number of nitrogens with zero attached hydrogens (tertiary/aromatic N) is 1. The quantitative estimate of drug-likeness (QED) is 0.624. The summed E-state index contributed by atoms with van der Waals surface area (Å²) in [5, 5.41) is 24.2. The van der Waals surface area contributed by atoms with Gasteiger partial charge in [0.15, 0.2) is 11.4 Å².